The summed E-state index contributed by atoms with van der Waals surface area (Å²) >= 11 is 0. The van der Waals surface area contributed by atoms with Crippen molar-refractivity contribution in [3.8, 4) is 11.1 Å². The number of benzene rings is 2. The Hall–Kier alpha value is -1.46. The lowest BCUT2D eigenvalue weighted by atomic mass is 9.81. The van der Waals surface area contributed by atoms with Crippen molar-refractivity contribution < 1.29 is 4.57 Å². The maximum Gasteiger partial charge on any atom is 0.193 e. The Balaban J connectivity index is 2.91. The van der Waals surface area contributed by atoms with Gasteiger partial charge in [-0.05, 0) is 51.6 Å². The highest BCUT2D eigenvalue weighted by Crippen LogP contribution is 2.37. The molecular weight excluding hydrogens is 299 g/mol. The van der Waals surface area contributed by atoms with E-state index < -0.39 is 0 Å². The summed E-state index contributed by atoms with van der Waals surface area (Å²) in [6.45, 7) is 13.4. The minimum absolute atomic E-state index is 0.111. The molecule has 1 nitrogen and oxygen atoms in total. The standard InChI is InChI=1S/C21H27OP/c1-13(2)17-12-18(16-10-8-7-9-11-16)21(23-22)20(15(5)6)19(17)14(3)4/h7-15H,1-6H3. The fraction of sp³-hybridized carbons (Fsp3) is 0.429. The first-order valence-corrected chi connectivity index (χ1v) is 9.29. The molecule has 0 saturated carbocycles. The summed E-state index contributed by atoms with van der Waals surface area (Å²) in [5.74, 6) is 1.23. The second-order valence-corrected chi connectivity index (χ2v) is 7.74. The zero-order valence-electron chi connectivity index (χ0n) is 15.1. The third-order valence-electron chi connectivity index (χ3n) is 4.36. The first kappa shape index (κ1) is 17.9. The van der Waals surface area contributed by atoms with Crippen LogP contribution in [0, 0.1) is 0 Å². The van der Waals surface area contributed by atoms with Crippen molar-refractivity contribution in [2.45, 2.75) is 59.3 Å². The van der Waals surface area contributed by atoms with Gasteiger partial charge in [0.2, 0.25) is 0 Å². The van der Waals surface area contributed by atoms with E-state index in [4.69, 9.17) is 0 Å². The minimum Gasteiger partial charge on any atom is -0.269 e. The van der Waals surface area contributed by atoms with Crippen LogP contribution < -0.4 is 5.30 Å². The molecule has 0 bridgehead atoms. The Morgan fingerprint density at radius 3 is 1.78 bits per heavy atom. The fourth-order valence-electron chi connectivity index (χ4n) is 3.37. The highest BCUT2D eigenvalue weighted by molar-refractivity contribution is 7.34. The Morgan fingerprint density at radius 1 is 0.783 bits per heavy atom. The summed E-state index contributed by atoms with van der Waals surface area (Å²) in [6.07, 6.45) is 0. The summed E-state index contributed by atoms with van der Waals surface area (Å²) in [5.41, 5.74) is 6.29. The average Bonchev–Trinajstić information content (AvgIpc) is 2.53. The van der Waals surface area contributed by atoms with Crippen molar-refractivity contribution in [3.63, 3.8) is 0 Å². The van der Waals surface area contributed by atoms with Crippen LogP contribution in [0.5, 0.6) is 0 Å². The highest BCUT2D eigenvalue weighted by Gasteiger charge is 2.24. The zero-order chi connectivity index (χ0) is 17.1. The largest absolute Gasteiger partial charge is 0.269 e. The van der Waals surface area contributed by atoms with Crippen molar-refractivity contribution in [2.24, 2.45) is 0 Å². The summed E-state index contributed by atoms with van der Waals surface area (Å²) in [5, 5.41) is 0.958. The van der Waals surface area contributed by atoms with Gasteiger partial charge in [-0.25, -0.2) is 0 Å². The van der Waals surface area contributed by atoms with E-state index in [2.05, 4.69) is 59.7 Å². The summed E-state index contributed by atoms with van der Waals surface area (Å²) in [4.78, 5) is 0. The van der Waals surface area contributed by atoms with E-state index in [1.807, 2.05) is 18.2 Å². The summed E-state index contributed by atoms with van der Waals surface area (Å²) in [7, 11) is 0.111. The Bertz CT molecular complexity index is 685. The fourth-order valence-corrected chi connectivity index (χ4v) is 4.14. The molecule has 23 heavy (non-hydrogen) atoms. The molecule has 0 atom stereocenters. The number of rotatable bonds is 5. The molecular formula is C21H27OP. The van der Waals surface area contributed by atoms with E-state index in [9.17, 15) is 4.57 Å². The van der Waals surface area contributed by atoms with Crippen LogP contribution in [0.1, 0.15) is 76.0 Å². The average molecular weight is 326 g/mol. The molecule has 122 valence electrons. The van der Waals surface area contributed by atoms with Crippen LogP contribution in [0.4, 0.5) is 0 Å². The van der Waals surface area contributed by atoms with Crippen LogP contribution in [0.25, 0.3) is 11.1 Å². The molecule has 0 N–H and O–H groups in total. The van der Waals surface area contributed by atoms with Crippen LogP contribution in [-0.2, 0) is 4.57 Å². The van der Waals surface area contributed by atoms with Gasteiger partial charge in [0.15, 0.2) is 8.46 Å². The highest BCUT2D eigenvalue weighted by atomic mass is 31.1. The minimum atomic E-state index is 0.111. The summed E-state index contributed by atoms with van der Waals surface area (Å²) in [6, 6.07) is 12.6. The van der Waals surface area contributed by atoms with Crippen molar-refractivity contribution in [3.05, 3.63) is 53.1 Å². The van der Waals surface area contributed by atoms with Crippen molar-refractivity contribution in [1.82, 2.24) is 0 Å². The van der Waals surface area contributed by atoms with E-state index in [0.29, 0.717) is 17.8 Å². The predicted octanol–water partition coefficient (Wildman–Crippen LogP) is 6.64. The molecule has 0 saturated heterocycles. The van der Waals surface area contributed by atoms with Gasteiger partial charge in [0.25, 0.3) is 0 Å². The van der Waals surface area contributed by atoms with Crippen molar-refractivity contribution in [2.75, 3.05) is 0 Å². The monoisotopic (exact) mass is 326 g/mol. The Kier molecular flexibility index (Phi) is 5.76. The molecule has 0 heterocycles. The normalized spacial score (nSPS) is 11.9. The van der Waals surface area contributed by atoms with Gasteiger partial charge in [-0.1, -0.05) is 71.9 Å². The van der Waals surface area contributed by atoms with Gasteiger partial charge in [0.1, 0.15) is 0 Å². The third-order valence-corrected chi connectivity index (χ3v) is 5.03. The van der Waals surface area contributed by atoms with E-state index in [1.54, 1.807) is 0 Å². The number of hydrogen-bond acceptors (Lipinski definition) is 1. The molecule has 2 rings (SSSR count). The lowest BCUT2D eigenvalue weighted by Crippen LogP contribution is -2.16. The molecule has 0 unspecified atom stereocenters. The Labute approximate surface area is 142 Å². The molecule has 2 heteroatoms. The van der Waals surface area contributed by atoms with Gasteiger partial charge in [0, 0.05) is 0 Å². The second kappa shape index (κ2) is 7.41. The van der Waals surface area contributed by atoms with Gasteiger partial charge in [0.05, 0.1) is 5.30 Å². The first-order chi connectivity index (χ1) is 10.9. The predicted molar refractivity (Wildman–Crippen MR) is 101 cm³/mol. The Morgan fingerprint density at radius 2 is 1.35 bits per heavy atom. The number of hydrogen-bond donors (Lipinski definition) is 0. The quantitative estimate of drug-likeness (QED) is 0.563. The molecule has 2 aromatic carbocycles. The van der Waals surface area contributed by atoms with Crippen LogP contribution in [0.3, 0.4) is 0 Å². The van der Waals surface area contributed by atoms with Gasteiger partial charge in [-0.2, -0.15) is 0 Å². The molecule has 2 aromatic rings. The molecule has 0 aliphatic rings. The van der Waals surface area contributed by atoms with Crippen molar-refractivity contribution >= 4 is 13.8 Å². The van der Waals surface area contributed by atoms with Gasteiger partial charge in [-0.15, -0.1) is 0 Å². The van der Waals surface area contributed by atoms with E-state index in [1.165, 1.54) is 16.7 Å². The van der Waals surface area contributed by atoms with Gasteiger partial charge in [-0.3, -0.25) is 4.57 Å². The van der Waals surface area contributed by atoms with E-state index >= 15 is 0 Å². The van der Waals surface area contributed by atoms with Crippen LogP contribution in [0.15, 0.2) is 36.4 Å². The first-order valence-electron chi connectivity index (χ1n) is 8.47. The van der Waals surface area contributed by atoms with Gasteiger partial charge < -0.3 is 0 Å². The molecule has 0 aliphatic carbocycles. The summed E-state index contributed by atoms with van der Waals surface area (Å²) < 4.78 is 12.1. The van der Waals surface area contributed by atoms with E-state index in [0.717, 1.165) is 16.4 Å². The second-order valence-electron chi connectivity index (χ2n) is 7.11. The maximum atomic E-state index is 12.1. The maximum absolute atomic E-state index is 12.1. The van der Waals surface area contributed by atoms with Crippen LogP contribution >= 0.6 is 8.46 Å². The molecule has 0 spiro atoms. The molecule has 0 fully saturated rings. The van der Waals surface area contributed by atoms with E-state index in [-0.39, 0.29) is 8.46 Å². The molecule has 0 radical (unpaired) electrons. The molecule has 0 aromatic heterocycles. The smallest absolute Gasteiger partial charge is 0.193 e. The van der Waals surface area contributed by atoms with Gasteiger partial charge >= 0.3 is 0 Å². The lowest BCUT2D eigenvalue weighted by molar-refractivity contribution is 0.602. The molecule has 0 aliphatic heterocycles. The topological polar surface area (TPSA) is 17.1 Å². The lowest BCUT2D eigenvalue weighted by Gasteiger charge is -2.26. The third kappa shape index (κ3) is 3.56. The SMILES string of the molecule is CC(C)c1cc(-c2ccccc2)c(P=O)c(C(C)C)c1C(C)C. The molecule has 0 amide bonds. The van der Waals surface area contributed by atoms with Crippen LogP contribution in [0.2, 0.25) is 0 Å². The van der Waals surface area contributed by atoms with Crippen molar-refractivity contribution in [1.29, 1.82) is 0 Å². The van der Waals surface area contributed by atoms with Crippen LogP contribution in [-0.4, -0.2) is 0 Å². The zero-order valence-corrected chi connectivity index (χ0v) is 15.9.